The summed E-state index contributed by atoms with van der Waals surface area (Å²) in [7, 11) is 3.40. The number of rotatable bonds is 11. The van der Waals surface area contributed by atoms with Gasteiger partial charge in [0.15, 0.2) is 29.0 Å². The molecule has 0 aliphatic carbocycles. The zero-order valence-electron chi connectivity index (χ0n) is 19.9. The fourth-order valence-electron chi connectivity index (χ4n) is 3.11. The molecule has 8 heteroatoms. The molecule has 0 fully saturated rings. The van der Waals surface area contributed by atoms with Crippen molar-refractivity contribution < 1.29 is 18.9 Å². The number of hydrogen-bond donors (Lipinski definition) is 2. The third-order valence-electron chi connectivity index (χ3n) is 4.63. The highest BCUT2D eigenvalue weighted by Crippen LogP contribution is 2.31. The van der Waals surface area contributed by atoms with Crippen LogP contribution in [0.25, 0.3) is 0 Å². The third kappa shape index (κ3) is 7.96. The Balaban J connectivity index is 0.00000512. The van der Waals surface area contributed by atoms with Crippen LogP contribution in [-0.2, 0) is 6.54 Å². The van der Waals surface area contributed by atoms with Crippen LogP contribution in [0.5, 0.6) is 23.0 Å². The van der Waals surface area contributed by atoms with E-state index in [0.29, 0.717) is 32.3 Å². The van der Waals surface area contributed by atoms with E-state index in [1.807, 2.05) is 57.2 Å². The molecular weight excluding hydrogens is 521 g/mol. The molecule has 0 radical (unpaired) electrons. The largest absolute Gasteiger partial charge is 0.493 e. The molecule has 0 aromatic heterocycles. The van der Waals surface area contributed by atoms with Gasteiger partial charge in [0.2, 0.25) is 0 Å². The number of halogens is 1. The maximum absolute atomic E-state index is 5.75. The van der Waals surface area contributed by atoms with Crippen molar-refractivity contribution in [2.24, 2.45) is 4.99 Å². The molecule has 2 rings (SSSR count). The Bertz CT molecular complexity index is 861. The highest BCUT2D eigenvalue weighted by Gasteiger charge is 2.13. The number of benzene rings is 2. The summed E-state index contributed by atoms with van der Waals surface area (Å²) in [6.45, 7) is 10.3. The van der Waals surface area contributed by atoms with Gasteiger partial charge in [-0.05, 0) is 63.1 Å². The minimum atomic E-state index is 0. The van der Waals surface area contributed by atoms with Crippen LogP contribution in [0, 0.1) is 0 Å². The summed E-state index contributed by atoms with van der Waals surface area (Å²) >= 11 is 0. The molecule has 0 amide bonds. The quantitative estimate of drug-likeness (QED) is 0.232. The van der Waals surface area contributed by atoms with Crippen LogP contribution in [-0.4, -0.2) is 39.9 Å². The lowest BCUT2D eigenvalue weighted by Crippen LogP contribution is -2.38. The molecule has 0 saturated carbocycles. The van der Waals surface area contributed by atoms with E-state index < -0.39 is 0 Å². The van der Waals surface area contributed by atoms with Crippen LogP contribution in [0.3, 0.4) is 0 Å². The van der Waals surface area contributed by atoms with Crippen molar-refractivity contribution in [3.8, 4) is 23.0 Å². The lowest BCUT2D eigenvalue weighted by molar-refractivity contribution is 0.287. The maximum atomic E-state index is 5.75. The molecule has 178 valence electrons. The van der Waals surface area contributed by atoms with E-state index in [1.165, 1.54) is 0 Å². The van der Waals surface area contributed by atoms with E-state index in [-0.39, 0.29) is 30.0 Å². The minimum absolute atomic E-state index is 0. The lowest BCUT2D eigenvalue weighted by Gasteiger charge is -2.20. The van der Waals surface area contributed by atoms with E-state index in [4.69, 9.17) is 18.9 Å². The van der Waals surface area contributed by atoms with Crippen LogP contribution in [0.2, 0.25) is 0 Å². The average molecular weight is 557 g/mol. The van der Waals surface area contributed by atoms with Crippen molar-refractivity contribution in [1.82, 2.24) is 10.6 Å². The number of methoxy groups -OCH3 is 1. The predicted octanol–water partition coefficient (Wildman–Crippen LogP) is 4.94. The molecule has 0 spiro atoms. The Morgan fingerprint density at radius 3 is 2.06 bits per heavy atom. The molecule has 0 aliphatic rings. The summed E-state index contributed by atoms with van der Waals surface area (Å²) in [5.41, 5.74) is 2.15. The van der Waals surface area contributed by atoms with Crippen molar-refractivity contribution in [2.45, 2.75) is 40.3 Å². The highest BCUT2D eigenvalue weighted by atomic mass is 127. The predicted molar refractivity (Wildman–Crippen MR) is 140 cm³/mol. The van der Waals surface area contributed by atoms with Gasteiger partial charge >= 0.3 is 0 Å². The Kier molecular flexibility index (Phi) is 12.7. The van der Waals surface area contributed by atoms with Gasteiger partial charge in [0.05, 0.1) is 33.0 Å². The summed E-state index contributed by atoms with van der Waals surface area (Å²) in [4.78, 5) is 4.35. The number of guanidine groups is 1. The molecule has 0 heterocycles. The molecule has 0 bridgehead atoms. The van der Waals surface area contributed by atoms with Gasteiger partial charge in [-0.15, -0.1) is 24.0 Å². The van der Waals surface area contributed by atoms with Crippen LogP contribution < -0.4 is 29.6 Å². The fraction of sp³-hybridized carbons (Fsp3) is 0.458. The zero-order chi connectivity index (χ0) is 22.6. The standard InChI is InChI=1S/C24H35N3O4.HI/c1-7-29-21-13-11-19(15-23(21)31-9-3)17(4)27-24(25-5)26-16-18-10-12-20(28-6)22(14-18)30-8-2;/h10-15,17H,7-9,16H2,1-6H3,(H2,25,26,27);1H. The first-order valence-corrected chi connectivity index (χ1v) is 10.7. The summed E-state index contributed by atoms with van der Waals surface area (Å²) in [6, 6.07) is 11.9. The number of nitrogens with zero attached hydrogens (tertiary/aromatic N) is 1. The average Bonchev–Trinajstić information content (AvgIpc) is 2.78. The van der Waals surface area contributed by atoms with E-state index >= 15 is 0 Å². The SMILES string of the molecule is CCOc1cc(CNC(=NC)NC(C)c2ccc(OCC)c(OCC)c2)ccc1OC.I. The Morgan fingerprint density at radius 1 is 0.875 bits per heavy atom. The summed E-state index contributed by atoms with van der Waals surface area (Å²) in [5, 5.41) is 6.77. The van der Waals surface area contributed by atoms with E-state index in [1.54, 1.807) is 14.2 Å². The van der Waals surface area contributed by atoms with Gasteiger partial charge in [0.1, 0.15) is 0 Å². The Labute approximate surface area is 208 Å². The Morgan fingerprint density at radius 2 is 1.47 bits per heavy atom. The monoisotopic (exact) mass is 557 g/mol. The molecule has 0 aliphatic heterocycles. The molecular formula is C24H36IN3O4. The second-order valence-electron chi connectivity index (χ2n) is 6.78. The van der Waals surface area contributed by atoms with Crippen LogP contribution >= 0.6 is 24.0 Å². The molecule has 1 unspecified atom stereocenters. The smallest absolute Gasteiger partial charge is 0.191 e. The van der Waals surface area contributed by atoms with Gasteiger partial charge < -0.3 is 29.6 Å². The number of nitrogens with one attached hydrogen (secondary N) is 2. The first-order chi connectivity index (χ1) is 15.1. The van der Waals surface area contributed by atoms with Crippen LogP contribution in [0.4, 0.5) is 0 Å². The first kappa shape index (κ1) is 27.7. The molecule has 7 nitrogen and oxygen atoms in total. The Hall–Kier alpha value is -2.36. The lowest BCUT2D eigenvalue weighted by atomic mass is 10.1. The normalized spacial score (nSPS) is 11.8. The van der Waals surface area contributed by atoms with Gasteiger partial charge in [0.25, 0.3) is 0 Å². The maximum Gasteiger partial charge on any atom is 0.191 e. The molecule has 2 aromatic rings. The fourth-order valence-corrected chi connectivity index (χ4v) is 3.11. The van der Waals surface area contributed by atoms with Crippen molar-refractivity contribution in [3.05, 3.63) is 47.5 Å². The molecule has 2 aromatic carbocycles. The third-order valence-corrected chi connectivity index (χ3v) is 4.63. The van der Waals surface area contributed by atoms with Gasteiger partial charge in [0, 0.05) is 13.6 Å². The topological polar surface area (TPSA) is 73.3 Å². The molecule has 1 atom stereocenters. The minimum Gasteiger partial charge on any atom is -0.493 e. The second kappa shape index (κ2) is 14.7. The van der Waals surface area contributed by atoms with E-state index in [9.17, 15) is 0 Å². The second-order valence-corrected chi connectivity index (χ2v) is 6.78. The zero-order valence-corrected chi connectivity index (χ0v) is 22.2. The van der Waals surface area contributed by atoms with E-state index in [0.717, 1.165) is 34.1 Å². The summed E-state index contributed by atoms with van der Waals surface area (Å²) in [5.74, 6) is 3.67. The summed E-state index contributed by atoms with van der Waals surface area (Å²) < 4.78 is 22.4. The molecule has 32 heavy (non-hydrogen) atoms. The van der Waals surface area contributed by atoms with Crippen molar-refractivity contribution in [1.29, 1.82) is 0 Å². The van der Waals surface area contributed by atoms with Gasteiger partial charge in [-0.3, -0.25) is 4.99 Å². The van der Waals surface area contributed by atoms with E-state index in [2.05, 4.69) is 22.5 Å². The van der Waals surface area contributed by atoms with Crippen molar-refractivity contribution in [2.75, 3.05) is 34.0 Å². The molecule has 0 saturated heterocycles. The first-order valence-electron chi connectivity index (χ1n) is 10.7. The van der Waals surface area contributed by atoms with Crippen molar-refractivity contribution >= 4 is 29.9 Å². The van der Waals surface area contributed by atoms with Gasteiger partial charge in [-0.1, -0.05) is 12.1 Å². The van der Waals surface area contributed by atoms with Crippen LogP contribution in [0.15, 0.2) is 41.4 Å². The number of hydrogen-bond acceptors (Lipinski definition) is 5. The number of ether oxygens (including phenoxy) is 4. The summed E-state index contributed by atoms with van der Waals surface area (Å²) in [6.07, 6.45) is 0. The van der Waals surface area contributed by atoms with Gasteiger partial charge in [-0.2, -0.15) is 0 Å². The van der Waals surface area contributed by atoms with Crippen molar-refractivity contribution in [3.63, 3.8) is 0 Å². The highest BCUT2D eigenvalue weighted by molar-refractivity contribution is 14.0. The van der Waals surface area contributed by atoms with Crippen LogP contribution in [0.1, 0.15) is 44.9 Å². The molecule has 2 N–H and O–H groups in total. The number of aliphatic imine (C=N–C) groups is 1. The van der Waals surface area contributed by atoms with Gasteiger partial charge in [-0.25, -0.2) is 0 Å².